The number of nitrogens with zero attached hydrogens (tertiary/aromatic N) is 3. The van der Waals surface area contributed by atoms with Crippen molar-refractivity contribution in [2.24, 2.45) is 4.99 Å². The molecule has 3 N–H and O–H groups in total. The summed E-state index contributed by atoms with van der Waals surface area (Å²) in [6, 6.07) is 17.7. The van der Waals surface area contributed by atoms with Crippen molar-refractivity contribution < 1.29 is 4.79 Å². The summed E-state index contributed by atoms with van der Waals surface area (Å²) in [5.41, 5.74) is 3.98. The van der Waals surface area contributed by atoms with Crippen LogP contribution in [0.25, 0.3) is 5.69 Å². The topological polar surface area (TPSA) is 83.3 Å². The summed E-state index contributed by atoms with van der Waals surface area (Å²) in [6.45, 7) is 4.24. The minimum absolute atomic E-state index is 0. The molecule has 1 amide bonds. The highest BCUT2D eigenvalue weighted by Crippen LogP contribution is 2.08. The Bertz CT molecular complexity index is 1000. The molecule has 0 radical (unpaired) electrons. The number of nitrogens with one attached hydrogen (secondary N) is 3. The van der Waals surface area contributed by atoms with Crippen molar-refractivity contribution in [3.8, 4) is 5.69 Å². The van der Waals surface area contributed by atoms with E-state index in [9.17, 15) is 4.79 Å². The van der Waals surface area contributed by atoms with Crippen molar-refractivity contribution in [3.05, 3.63) is 83.7 Å². The van der Waals surface area contributed by atoms with Crippen LogP contribution in [0.2, 0.25) is 0 Å². The van der Waals surface area contributed by atoms with Crippen LogP contribution in [0.5, 0.6) is 0 Å². The summed E-state index contributed by atoms with van der Waals surface area (Å²) in [7, 11) is 1.64. The van der Waals surface area contributed by atoms with E-state index in [0.717, 1.165) is 43.1 Å². The van der Waals surface area contributed by atoms with Crippen molar-refractivity contribution in [3.63, 3.8) is 0 Å². The summed E-state index contributed by atoms with van der Waals surface area (Å²) >= 11 is 0. The van der Waals surface area contributed by atoms with Gasteiger partial charge in [0.2, 0.25) is 0 Å². The molecule has 3 aromatic rings. The van der Waals surface area contributed by atoms with Crippen molar-refractivity contribution in [2.75, 3.05) is 26.7 Å². The van der Waals surface area contributed by atoms with Gasteiger partial charge in [-0.2, -0.15) is 5.10 Å². The van der Waals surface area contributed by atoms with Gasteiger partial charge in [0.1, 0.15) is 0 Å². The van der Waals surface area contributed by atoms with E-state index >= 15 is 0 Å². The van der Waals surface area contributed by atoms with Crippen LogP contribution < -0.4 is 16.0 Å². The molecular weight excluding hydrogens is 515 g/mol. The lowest BCUT2D eigenvalue weighted by Gasteiger charge is -2.11. The minimum atomic E-state index is -0.0732. The first-order valence-corrected chi connectivity index (χ1v) is 10.6. The molecule has 0 aliphatic rings. The number of hydrogen-bond donors (Lipinski definition) is 3. The second kappa shape index (κ2) is 13.5. The van der Waals surface area contributed by atoms with Gasteiger partial charge in [-0.15, -0.1) is 24.0 Å². The molecule has 0 bridgehead atoms. The van der Waals surface area contributed by atoms with Crippen molar-refractivity contribution in [1.29, 1.82) is 0 Å². The minimum Gasteiger partial charge on any atom is -0.357 e. The Morgan fingerprint density at radius 2 is 1.84 bits per heavy atom. The Kier molecular flexibility index (Phi) is 10.7. The van der Waals surface area contributed by atoms with E-state index in [2.05, 4.69) is 32.2 Å². The first-order valence-electron chi connectivity index (χ1n) is 10.6. The number of carbonyl (C=O) groups is 1. The standard InChI is InChI=1S/C24H30N6O.HI/c1-3-26-24(27-14-12-19-8-7-9-21(16-19)23(31)25-2)28-15-13-20-17-29-30(18-20)22-10-5-4-6-11-22;/h4-11,16-18H,3,12-15H2,1-2H3,(H,25,31)(H2,26,27,28);1H. The molecule has 0 saturated heterocycles. The molecule has 0 fully saturated rings. The van der Waals surface area contributed by atoms with Crippen molar-refractivity contribution in [1.82, 2.24) is 25.7 Å². The molecule has 8 heteroatoms. The molecule has 7 nitrogen and oxygen atoms in total. The van der Waals surface area contributed by atoms with Gasteiger partial charge < -0.3 is 16.0 Å². The molecule has 0 aliphatic carbocycles. The number of amides is 1. The molecule has 32 heavy (non-hydrogen) atoms. The maximum atomic E-state index is 11.8. The number of guanidine groups is 1. The summed E-state index contributed by atoms with van der Waals surface area (Å²) < 4.78 is 1.89. The lowest BCUT2D eigenvalue weighted by Crippen LogP contribution is -2.38. The highest BCUT2D eigenvalue weighted by molar-refractivity contribution is 14.0. The third-order valence-corrected chi connectivity index (χ3v) is 4.79. The van der Waals surface area contributed by atoms with Crippen LogP contribution in [0.15, 0.2) is 72.0 Å². The predicted molar refractivity (Wildman–Crippen MR) is 140 cm³/mol. The summed E-state index contributed by atoms with van der Waals surface area (Å²) in [4.78, 5) is 16.4. The Balaban J connectivity index is 0.00000363. The normalized spacial score (nSPS) is 10.9. The molecule has 0 aliphatic heterocycles. The molecule has 0 spiro atoms. The fraction of sp³-hybridized carbons (Fsp3) is 0.292. The zero-order chi connectivity index (χ0) is 21.9. The van der Waals surface area contributed by atoms with Crippen molar-refractivity contribution in [2.45, 2.75) is 19.8 Å². The Labute approximate surface area is 206 Å². The van der Waals surface area contributed by atoms with E-state index in [1.807, 2.05) is 72.4 Å². The van der Waals surface area contributed by atoms with Gasteiger partial charge in [0, 0.05) is 38.4 Å². The molecule has 170 valence electrons. The molecule has 0 saturated carbocycles. The smallest absolute Gasteiger partial charge is 0.251 e. The highest BCUT2D eigenvalue weighted by atomic mass is 127. The second-order valence-corrected chi connectivity index (χ2v) is 7.10. The van der Waals surface area contributed by atoms with E-state index in [4.69, 9.17) is 0 Å². The quantitative estimate of drug-likeness (QED) is 0.219. The van der Waals surface area contributed by atoms with Gasteiger partial charge in [-0.1, -0.05) is 30.3 Å². The second-order valence-electron chi connectivity index (χ2n) is 7.10. The molecule has 2 aromatic carbocycles. The number of halogens is 1. The molecule has 1 aromatic heterocycles. The monoisotopic (exact) mass is 546 g/mol. The largest absolute Gasteiger partial charge is 0.357 e. The van der Waals surface area contributed by atoms with E-state index in [1.165, 1.54) is 5.56 Å². The summed E-state index contributed by atoms with van der Waals surface area (Å²) in [5, 5.41) is 13.8. The van der Waals surface area contributed by atoms with Crippen LogP contribution in [-0.4, -0.2) is 48.3 Å². The lowest BCUT2D eigenvalue weighted by atomic mass is 10.1. The fourth-order valence-corrected chi connectivity index (χ4v) is 3.19. The van der Waals surface area contributed by atoms with Crippen LogP contribution in [0.1, 0.15) is 28.4 Å². The van der Waals surface area contributed by atoms with Gasteiger partial charge in [-0.3, -0.25) is 9.79 Å². The van der Waals surface area contributed by atoms with Gasteiger partial charge in [-0.05, 0) is 55.2 Å². The number of para-hydroxylation sites is 1. The predicted octanol–water partition coefficient (Wildman–Crippen LogP) is 3.19. The van der Waals surface area contributed by atoms with Crippen LogP contribution in [0.3, 0.4) is 0 Å². The third kappa shape index (κ3) is 7.67. The number of aromatic nitrogens is 2. The zero-order valence-corrected chi connectivity index (χ0v) is 20.9. The van der Waals surface area contributed by atoms with Crippen LogP contribution in [0, 0.1) is 0 Å². The molecule has 1 heterocycles. The number of benzene rings is 2. The van der Waals surface area contributed by atoms with Gasteiger partial charge in [-0.25, -0.2) is 4.68 Å². The fourth-order valence-electron chi connectivity index (χ4n) is 3.19. The molecule has 0 unspecified atom stereocenters. The Morgan fingerprint density at radius 3 is 2.59 bits per heavy atom. The van der Waals surface area contributed by atoms with E-state index in [1.54, 1.807) is 7.05 Å². The first kappa shape index (κ1) is 25.4. The molecule has 0 atom stereocenters. The van der Waals surface area contributed by atoms with Gasteiger partial charge in [0.05, 0.1) is 11.9 Å². The molecular formula is C24H31IN6O. The third-order valence-electron chi connectivity index (χ3n) is 4.79. The van der Waals surface area contributed by atoms with Gasteiger partial charge >= 0.3 is 0 Å². The molecule has 3 rings (SSSR count). The van der Waals surface area contributed by atoms with Crippen LogP contribution in [-0.2, 0) is 12.8 Å². The summed E-state index contributed by atoms with van der Waals surface area (Å²) in [5.74, 6) is 0.719. The van der Waals surface area contributed by atoms with Crippen molar-refractivity contribution >= 4 is 35.8 Å². The van der Waals surface area contributed by atoms with Crippen LogP contribution >= 0.6 is 24.0 Å². The number of carbonyl (C=O) groups excluding carboxylic acids is 1. The number of rotatable bonds is 9. The SMILES string of the molecule is CCNC(=NCCc1cccc(C(=O)NC)c1)NCCc1cnn(-c2ccccc2)c1.I. The number of hydrogen-bond acceptors (Lipinski definition) is 3. The maximum absolute atomic E-state index is 11.8. The van der Waals surface area contributed by atoms with Gasteiger partial charge in [0.25, 0.3) is 5.91 Å². The number of aliphatic imine (C=N–C) groups is 1. The first-order chi connectivity index (χ1) is 15.2. The zero-order valence-electron chi connectivity index (χ0n) is 18.5. The maximum Gasteiger partial charge on any atom is 0.251 e. The van der Waals surface area contributed by atoms with Gasteiger partial charge in [0.15, 0.2) is 5.96 Å². The Hall–Kier alpha value is -2.88. The van der Waals surface area contributed by atoms with E-state index in [-0.39, 0.29) is 29.9 Å². The lowest BCUT2D eigenvalue weighted by molar-refractivity contribution is 0.0963. The van der Waals surface area contributed by atoms with Crippen LogP contribution in [0.4, 0.5) is 0 Å². The summed E-state index contributed by atoms with van der Waals surface area (Å²) in [6.07, 6.45) is 5.58. The Morgan fingerprint density at radius 1 is 1.03 bits per heavy atom. The van der Waals surface area contributed by atoms with E-state index < -0.39 is 0 Å². The van der Waals surface area contributed by atoms with E-state index in [0.29, 0.717) is 12.1 Å². The average Bonchev–Trinajstić information content (AvgIpc) is 3.28. The highest BCUT2D eigenvalue weighted by Gasteiger charge is 2.04. The average molecular weight is 546 g/mol.